The molecule has 4 nitrogen and oxygen atoms in total. The lowest BCUT2D eigenvalue weighted by Crippen LogP contribution is -2.55. The summed E-state index contributed by atoms with van der Waals surface area (Å²) in [4.78, 5) is 13.9. The fourth-order valence-corrected chi connectivity index (χ4v) is 2.83. The molecule has 1 heterocycles. The molecule has 0 atom stereocenters. The van der Waals surface area contributed by atoms with Crippen molar-refractivity contribution in [2.75, 3.05) is 19.7 Å². The van der Waals surface area contributed by atoms with Crippen LogP contribution in [0.3, 0.4) is 0 Å². The van der Waals surface area contributed by atoms with E-state index < -0.39 is 5.60 Å². The smallest absolute Gasteiger partial charge is 0.410 e. The minimum Gasteiger partial charge on any atom is -0.444 e. The van der Waals surface area contributed by atoms with Gasteiger partial charge in [0, 0.05) is 6.54 Å². The number of morpholine rings is 1. The molecule has 2 fully saturated rings. The molecule has 2 aliphatic rings. The molecular weight excluding hydrogens is 230 g/mol. The van der Waals surface area contributed by atoms with Crippen LogP contribution in [-0.4, -0.2) is 41.9 Å². The van der Waals surface area contributed by atoms with Gasteiger partial charge in [0.05, 0.1) is 18.8 Å². The van der Waals surface area contributed by atoms with Crippen LogP contribution in [0.1, 0.15) is 52.9 Å². The topological polar surface area (TPSA) is 38.8 Å². The zero-order valence-corrected chi connectivity index (χ0v) is 11.8. The van der Waals surface area contributed by atoms with Crippen LogP contribution in [0.4, 0.5) is 4.79 Å². The van der Waals surface area contributed by atoms with Gasteiger partial charge in [-0.3, -0.25) is 0 Å². The fourth-order valence-electron chi connectivity index (χ4n) is 2.83. The zero-order chi connectivity index (χ0) is 13.2. The Morgan fingerprint density at radius 3 is 2.50 bits per heavy atom. The third-order valence-electron chi connectivity index (χ3n) is 3.66. The number of carbonyl (C=O) groups excluding carboxylic acids is 1. The Labute approximate surface area is 110 Å². The van der Waals surface area contributed by atoms with Crippen molar-refractivity contribution in [1.82, 2.24) is 4.90 Å². The van der Waals surface area contributed by atoms with E-state index >= 15 is 0 Å². The molecule has 104 valence electrons. The Balaban J connectivity index is 1.95. The predicted octanol–water partition coefficient (Wildman–Crippen LogP) is 2.96. The summed E-state index contributed by atoms with van der Waals surface area (Å²) >= 11 is 0. The Morgan fingerprint density at radius 2 is 1.89 bits per heavy atom. The SMILES string of the molecule is CC(C)(C)OC(=O)N1CCOC2(CCCCC2)C1. The highest BCUT2D eigenvalue weighted by Gasteiger charge is 2.40. The maximum Gasteiger partial charge on any atom is 0.410 e. The number of amides is 1. The van der Waals surface area contributed by atoms with Crippen molar-refractivity contribution < 1.29 is 14.3 Å². The molecule has 1 amide bonds. The molecule has 0 aromatic heterocycles. The lowest BCUT2D eigenvalue weighted by Gasteiger charge is -2.45. The third-order valence-corrected chi connectivity index (χ3v) is 3.66. The second-order valence-corrected chi connectivity index (χ2v) is 6.49. The fraction of sp³-hybridized carbons (Fsp3) is 0.929. The van der Waals surface area contributed by atoms with Crippen LogP contribution in [-0.2, 0) is 9.47 Å². The molecule has 4 heteroatoms. The maximum absolute atomic E-state index is 12.1. The average molecular weight is 255 g/mol. The molecule has 0 aromatic rings. The lowest BCUT2D eigenvalue weighted by molar-refractivity contribution is -0.125. The number of hydrogen-bond donors (Lipinski definition) is 0. The number of nitrogens with zero attached hydrogens (tertiary/aromatic N) is 1. The number of carbonyl (C=O) groups is 1. The van der Waals surface area contributed by atoms with Gasteiger partial charge in [-0.1, -0.05) is 19.3 Å². The molecule has 0 N–H and O–H groups in total. The van der Waals surface area contributed by atoms with Crippen molar-refractivity contribution in [2.24, 2.45) is 0 Å². The van der Waals surface area contributed by atoms with E-state index in [2.05, 4.69) is 0 Å². The van der Waals surface area contributed by atoms with Crippen LogP contribution < -0.4 is 0 Å². The molecule has 18 heavy (non-hydrogen) atoms. The van der Waals surface area contributed by atoms with Crippen LogP contribution in [0.2, 0.25) is 0 Å². The van der Waals surface area contributed by atoms with Crippen LogP contribution in [0.25, 0.3) is 0 Å². The lowest BCUT2D eigenvalue weighted by atomic mass is 9.83. The van der Waals surface area contributed by atoms with Gasteiger partial charge in [-0.25, -0.2) is 4.79 Å². The van der Waals surface area contributed by atoms with Crippen LogP contribution in [0.15, 0.2) is 0 Å². The Bertz CT molecular complexity index is 297. The van der Waals surface area contributed by atoms with Crippen LogP contribution in [0.5, 0.6) is 0 Å². The summed E-state index contributed by atoms with van der Waals surface area (Å²) in [7, 11) is 0. The normalized spacial score (nSPS) is 24.1. The van der Waals surface area contributed by atoms with Crippen molar-refractivity contribution in [3.63, 3.8) is 0 Å². The number of ether oxygens (including phenoxy) is 2. The molecule has 0 bridgehead atoms. The van der Waals surface area contributed by atoms with Gasteiger partial charge in [-0.15, -0.1) is 0 Å². The summed E-state index contributed by atoms with van der Waals surface area (Å²) in [5.41, 5.74) is -0.511. The molecule has 1 spiro atoms. The van der Waals surface area contributed by atoms with E-state index in [1.165, 1.54) is 19.3 Å². The van der Waals surface area contributed by atoms with Gasteiger partial charge < -0.3 is 14.4 Å². The Morgan fingerprint density at radius 1 is 1.22 bits per heavy atom. The zero-order valence-electron chi connectivity index (χ0n) is 11.8. The van der Waals surface area contributed by atoms with Crippen molar-refractivity contribution >= 4 is 6.09 Å². The first kappa shape index (κ1) is 13.7. The van der Waals surface area contributed by atoms with Gasteiger partial charge in [0.2, 0.25) is 0 Å². The van der Waals surface area contributed by atoms with Gasteiger partial charge in [0.25, 0.3) is 0 Å². The van der Waals surface area contributed by atoms with Gasteiger partial charge in [-0.2, -0.15) is 0 Å². The Kier molecular flexibility index (Phi) is 3.85. The first-order valence-corrected chi connectivity index (χ1v) is 7.02. The van der Waals surface area contributed by atoms with E-state index in [0.29, 0.717) is 19.7 Å². The molecular formula is C14H25NO3. The average Bonchev–Trinajstić information content (AvgIpc) is 2.28. The van der Waals surface area contributed by atoms with Crippen molar-refractivity contribution in [3.8, 4) is 0 Å². The van der Waals surface area contributed by atoms with Crippen molar-refractivity contribution in [3.05, 3.63) is 0 Å². The second-order valence-electron chi connectivity index (χ2n) is 6.49. The molecule has 1 aliphatic heterocycles. The summed E-state index contributed by atoms with van der Waals surface area (Å²) in [5.74, 6) is 0. The minimum atomic E-state index is -0.422. The maximum atomic E-state index is 12.1. The molecule has 1 saturated heterocycles. The largest absolute Gasteiger partial charge is 0.444 e. The van der Waals surface area contributed by atoms with Gasteiger partial charge in [0.15, 0.2) is 0 Å². The molecule has 0 unspecified atom stereocenters. The first-order valence-electron chi connectivity index (χ1n) is 7.02. The minimum absolute atomic E-state index is 0.0899. The van der Waals surface area contributed by atoms with Crippen LogP contribution >= 0.6 is 0 Å². The summed E-state index contributed by atoms with van der Waals surface area (Å²) in [6.45, 7) is 7.70. The third kappa shape index (κ3) is 3.37. The monoisotopic (exact) mass is 255 g/mol. The van der Waals surface area contributed by atoms with E-state index in [0.717, 1.165) is 12.8 Å². The Hall–Kier alpha value is -0.770. The summed E-state index contributed by atoms with van der Waals surface area (Å²) in [6.07, 6.45) is 5.66. The van der Waals surface area contributed by atoms with E-state index in [4.69, 9.17) is 9.47 Å². The summed E-state index contributed by atoms with van der Waals surface area (Å²) in [6, 6.07) is 0. The highest BCUT2D eigenvalue weighted by Crippen LogP contribution is 2.34. The quantitative estimate of drug-likeness (QED) is 0.668. The van der Waals surface area contributed by atoms with Gasteiger partial charge in [0.1, 0.15) is 5.60 Å². The molecule has 0 radical (unpaired) electrons. The summed E-state index contributed by atoms with van der Waals surface area (Å²) < 4.78 is 11.4. The van der Waals surface area contributed by atoms with Gasteiger partial charge >= 0.3 is 6.09 Å². The first-order chi connectivity index (χ1) is 8.40. The van der Waals surface area contributed by atoms with E-state index in [1.807, 2.05) is 25.7 Å². The highest BCUT2D eigenvalue weighted by molar-refractivity contribution is 5.68. The molecule has 1 aliphatic carbocycles. The number of rotatable bonds is 0. The van der Waals surface area contributed by atoms with Crippen LogP contribution in [0, 0.1) is 0 Å². The molecule has 2 rings (SSSR count). The second kappa shape index (κ2) is 5.08. The van der Waals surface area contributed by atoms with E-state index in [-0.39, 0.29) is 11.7 Å². The van der Waals surface area contributed by atoms with Crippen molar-refractivity contribution in [1.29, 1.82) is 0 Å². The summed E-state index contributed by atoms with van der Waals surface area (Å²) in [5, 5.41) is 0. The molecule has 0 aromatic carbocycles. The van der Waals surface area contributed by atoms with E-state index in [1.54, 1.807) is 0 Å². The van der Waals surface area contributed by atoms with Gasteiger partial charge in [-0.05, 0) is 33.6 Å². The van der Waals surface area contributed by atoms with Crippen molar-refractivity contribution in [2.45, 2.75) is 64.1 Å². The van der Waals surface area contributed by atoms with E-state index in [9.17, 15) is 4.79 Å². The molecule has 1 saturated carbocycles. The number of hydrogen-bond acceptors (Lipinski definition) is 3. The highest BCUT2D eigenvalue weighted by atomic mass is 16.6. The predicted molar refractivity (Wildman–Crippen MR) is 69.6 cm³/mol. The standard InChI is InChI=1S/C14H25NO3/c1-13(2,3)18-12(16)15-9-10-17-14(11-15)7-5-4-6-8-14/h4-11H2,1-3H3.